The van der Waals surface area contributed by atoms with E-state index in [9.17, 15) is 13.6 Å². The summed E-state index contributed by atoms with van der Waals surface area (Å²) in [4.78, 5) is 30.8. The lowest BCUT2D eigenvalue weighted by atomic mass is 9.90. The number of rotatable bonds is 7. The number of carbonyl (C=O) groups is 1. The van der Waals surface area contributed by atoms with Crippen molar-refractivity contribution < 1.29 is 18.3 Å². The maximum Gasteiger partial charge on any atom is 0.296 e. The van der Waals surface area contributed by atoms with E-state index in [0.717, 1.165) is 51.6 Å². The van der Waals surface area contributed by atoms with E-state index in [1.54, 1.807) is 24.3 Å². The topological polar surface area (TPSA) is 100 Å². The third-order valence-corrected chi connectivity index (χ3v) is 8.43. The van der Waals surface area contributed by atoms with Crippen LogP contribution in [0, 0.1) is 5.92 Å². The van der Waals surface area contributed by atoms with E-state index in [-0.39, 0.29) is 42.1 Å². The van der Waals surface area contributed by atoms with E-state index >= 15 is 0 Å². The molecule has 1 aliphatic carbocycles. The van der Waals surface area contributed by atoms with Gasteiger partial charge in [-0.2, -0.15) is 9.97 Å². The molecule has 42 heavy (non-hydrogen) atoms. The first-order valence-corrected chi connectivity index (χ1v) is 14.7. The molecule has 6 rings (SSSR count). The number of morpholine rings is 1. The van der Waals surface area contributed by atoms with E-state index in [1.165, 1.54) is 4.57 Å². The highest BCUT2D eigenvalue weighted by Gasteiger charge is 2.29. The van der Waals surface area contributed by atoms with Gasteiger partial charge in [0.2, 0.25) is 11.9 Å². The first-order chi connectivity index (χ1) is 19.9. The Kier molecular flexibility index (Phi) is 9.74. The van der Waals surface area contributed by atoms with Crippen LogP contribution in [0.3, 0.4) is 0 Å². The van der Waals surface area contributed by atoms with Crippen LogP contribution in [0.5, 0.6) is 0 Å². The van der Waals surface area contributed by atoms with Gasteiger partial charge in [-0.1, -0.05) is 12.1 Å². The van der Waals surface area contributed by atoms with Crippen molar-refractivity contribution >= 4 is 41.1 Å². The Morgan fingerprint density at radius 3 is 2.48 bits per heavy atom. The fourth-order valence-electron chi connectivity index (χ4n) is 6.24. The van der Waals surface area contributed by atoms with Crippen molar-refractivity contribution in [3.05, 3.63) is 36.2 Å². The average Bonchev–Trinajstić information content (AvgIpc) is 3.39. The quantitative estimate of drug-likeness (QED) is 0.414. The predicted molar refractivity (Wildman–Crippen MR) is 160 cm³/mol. The van der Waals surface area contributed by atoms with Crippen molar-refractivity contribution in [3.8, 4) is 5.82 Å². The number of imidazole rings is 1. The molecule has 0 spiro atoms. The number of nitrogens with one attached hydrogen (secondary N) is 2. The average molecular weight is 605 g/mol. The van der Waals surface area contributed by atoms with Gasteiger partial charge >= 0.3 is 0 Å². The zero-order valence-corrected chi connectivity index (χ0v) is 24.7. The molecular weight excluding hydrogens is 566 g/mol. The van der Waals surface area contributed by atoms with Gasteiger partial charge in [0.1, 0.15) is 11.6 Å². The molecule has 228 valence electrons. The lowest BCUT2D eigenvalue weighted by Gasteiger charge is -2.33. The van der Waals surface area contributed by atoms with Crippen molar-refractivity contribution in [2.24, 2.45) is 5.92 Å². The number of halogens is 3. The van der Waals surface area contributed by atoms with E-state index in [0.29, 0.717) is 54.9 Å². The predicted octanol–water partition coefficient (Wildman–Crippen LogP) is 4.19. The Hall–Kier alpha value is -3.09. The second-order valence-corrected chi connectivity index (χ2v) is 11.4. The summed E-state index contributed by atoms with van der Waals surface area (Å²) in [6.45, 7) is 4.23. The number of fused-ring (bicyclic) bond motifs is 1. The number of ether oxygens (including phenoxy) is 1. The lowest BCUT2D eigenvalue weighted by Crippen LogP contribution is -2.46. The smallest absolute Gasteiger partial charge is 0.296 e. The van der Waals surface area contributed by atoms with Crippen LogP contribution in [-0.4, -0.2) is 88.9 Å². The number of nitrogens with zero attached hydrogens (tertiary/aromatic N) is 6. The number of piperidine rings is 1. The molecule has 1 unspecified atom stereocenters. The molecule has 3 aromatic rings. The number of benzene rings is 1. The highest BCUT2D eigenvalue weighted by atomic mass is 35.5. The third kappa shape index (κ3) is 6.76. The molecule has 1 aromatic carbocycles. The summed E-state index contributed by atoms with van der Waals surface area (Å²) in [6, 6.07) is 9.15. The summed E-state index contributed by atoms with van der Waals surface area (Å²) in [6.07, 6.45) is 2.75. The maximum absolute atomic E-state index is 14.1. The Bertz CT molecular complexity index is 1360. The maximum atomic E-state index is 14.1. The van der Waals surface area contributed by atoms with Gasteiger partial charge in [0.25, 0.3) is 6.43 Å². The lowest BCUT2D eigenvalue weighted by molar-refractivity contribution is -0.127. The van der Waals surface area contributed by atoms with Crippen LogP contribution in [0.1, 0.15) is 50.8 Å². The minimum Gasteiger partial charge on any atom is -0.378 e. The Morgan fingerprint density at radius 1 is 1.00 bits per heavy atom. The number of anilines is 2. The number of aromatic nitrogens is 4. The van der Waals surface area contributed by atoms with E-state index in [1.807, 2.05) is 11.0 Å². The van der Waals surface area contributed by atoms with Gasteiger partial charge in [0.15, 0.2) is 5.82 Å². The first-order valence-electron chi connectivity index (χ1n) is 14.7. The molecule has 1 atom stereocenters. The largest absolute Gasteiger partial charge is 0.378 e. The third-order valence-electron chi connectivity index (χ3n) is 8.43. The minimum atomic E-state index is -2.76. The van der Waals surface area contributed by atoms with Crippen LogP contribution in [-0.2, 0) is 9.53 Å². The molecule has 2 saturated heterocycles. The summed E-state index contributed by atoms with van der Waals surface area (Å²) in [7, 11) is 2.07. The van der Waals surface area contributed by atoms with Crippen molar-refractivity contribution in [3.63, 3.8) is 0 Å². The molecule has 4 heterocycles. The van der Waals surface area contributed by atoms with Gasteiger partial charge in [0, 0.05) is 37.8 Å². The molecule has 1 amide bonds. The SMILES string of the molecule is CN1CCCC(C(=O)NC2CCC(Nc3cc(-n4c(C(F)F)nc5ccccc54)nc(N4CCOCC4)n3)CC2)C1.Cl. The molecule has 3 fully saturated rings. The zero-order valence-electron chi connectivity index (χ0n) is 23.8. The van der Waals surface area contributed by atoms with Crippen LogP contribution in [0.25, 0.3) is 16.9 Å². The zero-order chi connectivity index (χ0) is 28.3. The van der Waals surface area contributed by atoms with Crippen LogP contribution in [0.2, 0.25) is 0 Å². The summed E-state index contributed by atoms with van der Waals surface area (Å²) in [5.41, 5.74) is 1.06. The summed E-state index contributed by atoms with van der Waals surface area (Å²) < 4.78 is 35.2. The summed E-state index contributed by atoms with van der Waals surface area (Å²) >= 11 is 0. The number of hydrogen-bond acceptors (Lipinski definition) is 8. The Labute approximate surface area is 250 Å². The molecular formula is C29H39ClF2N8O2. The number of alkyl halides is 2. The second-order valence-electron chi connectivity index (χ2n) is 11.4. The van der Waals surface area contributed by atoms with E-state index in [2.05, 4.69) is 27.6 Å². The van der Waals surface area contributed by atoms with Gasteiger partial charge < -0.3 is 25.2 Å². The van der Waals surface area contributed by atoms with Crippen LogP contribution >= 0.6 is 12.4 Å². The number of hydrogen-bond donors (Lipinski definition) is 2. The van der Waals surface area contributed by atoms with Crippen LogP contribution < -0.4 is 15.5 Å². The Morgan fingerprint density at radius 2 is 1.74 bits per heavy atom. The number of carbonyl (C=O) groups excluding carboxylic acids is 1. The normalized spacial score (nSPS) is 23.5. The molecule has 2 N–H and O–H groups in total. The molecule has 1 saturated carbocycles. The number of amides is 1. The minimum absolute atomic E-state index is 0. The second kappa shape index (κ2) is 13.5. The molecule has 10 nitrogen and oxygen atoms in total. The van der Waals surface area contributed by atoms with Gasteiger partial charge in [-0.05, 0) is 64.3 Å². The fourth-order valence-corrected chi connectivity index (χ4v) is 6.24. The molecule has 0 radical (unpaired) electrons. The number of para-hydroxylation sites is 2. The van der Waals surface area contributed by atoms with E-state index < -0.39 is 6.43 Å². The standard InChI is InChI=1S/C29H38F2N8O2.ClH/c1-37-12-4-5-19(18-37)28(40)33-21-10-8-20(9-11-21)32-24-17-25(36-29(35-24)38-13-15-41-16-14-38)39-23-7-3-2-6-22(23)34-27(39)26(30)31;/h2-3,6-7,17,19-21,26H,4-5,8-16,18H2,1H3,(H,33,40)(H,32,35,36);1H. The summed E-state index contributed by atoms with van der Waals surface area (Å²) in [5, 5.41) is 6.84. The monoisotopic (exact) mass is 604 g/mol. The molecule has 3 aliphatic rings. The highest BCUT2D eigenvalue weighted by Crippen LogP contribution is 2.30. The van der Waals surface area contributed by atoms with Crippen LogP contribution in [0.4, 0.5) is 20.5 Å². The van der Waals surface area contributed by atoms with Gasteiger partial charge in [-0.3, -0.25) is 9.36 Å². The van der Waals surface area contributed by atoms with Crippen molar-refractivity contribution in [2.75, 3.05) is 56.7 Å². The summed E-state index contributed by atoms with van der Waals surface area (Å²) in [5.74, 6) is 1.32. The van der Waals surface area contributed by atoms with Gasteiger partial charge in [-0.15, -0.1) is 12.4 Å². The molecule has 2 aromatic heterocycles. The highest BCUT2D eigenvalue weighted by molar-refractivity contribution is 5.85. The van der Waals surface area contributed by atoms with Gasteiger partial charge in [0.05, 0.1) is 30.2 Å². The van der Waals surface area contributed by atoms with Crippen molar-refractivity contribution in [1.82, 2.24) is 29.7 Å². The number of likely N-dealkylation sites (tertiary alicyclic amines) is 1. The fraction of sp³-hybridized carbons (Fsp3) is 0.586. The molecule has 0 bridgehead atoms. The van der Waals surface area contributed by atoms with Crippen molar-refractivity contribution in [1.29, 1.82) is 0 Å². The Balaban J connectivity index is 0.00000353. The van der Waals surface area contributed by atoms with Crippen LogP contribution in [0.15, 0.2) is 30.3 Å². The molecule has 13 heteroatoms. The van der Waals surface area contributed by atoms with Crippen molar-refractivity contribution in [2.45, 2.75) is 57.0 Å². The van der Waals surface area contributed by atoms with Gasteiger partial charge in [-0.25, -0.2) is 13.8 Å². The van der Waals surface area contributed by atoms with E-state index in [4.69, 9.17) is 14.7 Å². The first kappa shape index (κ1) is 30.4. The molecule has 2 aliphatic heterocycles.